The van der Waals surface area contributed by atoms with E-state index in [1.165, 1.54) is 16.0 Å². The van der Waals surface area contributed by atoms with Crippen LogP contribution in [0.1, 0.15) is 62.5 Å². The molecule has 0 unspecified atom stereocenters. The molecule has 0 radical (unpaired) electrons. The highest BCUT2D eigenvalue weighted by molar-refractivity contribution is 7.09. The summed E-state index contributed by atoms with van der Waals surface area (Å²) in [5.41, 5.74) is 3.42. The zero-order valence-corrected chi connectivity index (χ0v) is 16.8. The number of benzene rings is 1. The maximum Gasteiger partial charge on any atom is 0.238 e. The minimum atomic E-state index is 0.0633. The summed E-state index contributed by atoms with van der Waals surface area (Å²) in [6, 6.07) is 10.5. The fourth-order valence-electron chi connectivity index (χ4n) is 2.98. The van der Waals surface area contributed by atoms with Crippen molar-refractivity contribution in [2.75, 3.05) is 18.4 Å². The number of carbonyl (C=O) groups excluding carboxylic acids is 1. The number of amides is 1. The van der Waals surface area contributed by atoms with Gasteiger partial charge in [-0.3, -0.25) is 9.69 Å². The molecule has 0 aliphatic rings. The highest BCUT2D eigenvalue weighted by atomic mass is 32.1. The topological polar surface area (TPSA) is 32.3 Å². The second-order valence-electron chi connectivity index (χ2n) is 7.05. The number of nitrogens with one attached hydrogen (secondary N) is 1. The van der Waals surface area contributed by atoms with Gasteiger partial charge in [0, 0.05) is 17.1 Å². The Morgan fingerprint density at radius 2 is 1.72 bits per heavy atom. The first-order chi connectivity index (χ1) is 11.9. The summed E-state index contributed by atoms with van der Waals surface area (Å²) >= 11 is 1.74. The standard InChI is InChI=1S/C21H30N2OS/c1-6-23(13-17-9-8-12-25-17)14-20(24)22-21-18(15(2)3)10-7-11-19(21)16(4)5/h7-12,15-16H,6,13-14H2,1-5H3,(H,22,24). The van der Waals surface area contributed by atoms with Gasteiger partial charge in [0.25, 0.3) is 0 Å². The van der Waals surface area contributed by atoms with E-state index in [4.69, 9.17) is 0 Å². The number of hydrogen-bond donors (Lipinski definition) is 1. The lowest BCUT2D eigenvalue weighted by Gasteiger charge is -2.23. The van der Waals surface area contributed by atoms with Crippen molar-refractivity contribution in [1.29, 1.82) is 0 Å². The molecule has 4 heteroatoms. The molecule has 1 N–H and O–H groups in total. The minimum absolute atomic E-state index is 0.0633. The number of likely N-dealkylation sites (N-methyl/N-ethyl adjacent to an activating group) is 1. The number of hydrogen-bond acceptors (Lipinski definition) is 3. The number of rotatable bonds is 8. The average Bonchev–Trinajstić information content (AvgIpc) is 3.06. The third kappa shape index (κ3) is 5.41. The van der Waals surface area contributed by atoms with Crippen LogP contribution in [0.4, 0.5) is 5.69 Å². The average molecular weight is 359 g/mol. The molecule has 0 atom stereocenters. The first-order valence-corrected chi connectivity index (χ1v) is 9.97. The molecule has 3 nitrogen and oxygen atoms in total. The monoisotopic (exact) mass is 358 g/mol. The molecule has 0 aliphatic carbocycles. The largest absolute Gasteiger partial charge is 0.324 e. The first kappa shape index (κ1) is 19.7. The van der Waals surface area contributed by atoms with E-state index in [1.807, 2.05) is 0 Å². The van der Waals surface area contributed by atoms with E-state index in [0.29, 0.717) is 18.4 Å². The van der Waals surface area contributed by atoms with Gasteiger partial charge in [-0.15, -0.1) is 11.3 Å². The Bertz CT molecular complexity index is 651. The predicted octanol–water partition coefficient (Wildman–Crippen LogP) is 5.46. The van der Waals surface area contributed by atoms with Crippen LogP contribution in [0.2, 0.25) is 0 Å². The molecule has 0 saturated heterocycles. The smallest absolute Gasteiger partial charge is 0.238 e. The van der Waals surface area contributed by atoms with Crippen molar-refractivity contribution in [3.05, 3.63) is 51.7 Å². The summed E-state index contributed by atoms with van der Waals surface area (Å²) in [6.45, 7) is 12.9. The maximum atomic E-state index is 12.7. The van der Waals surface area contributed by atoms with E-state index in [9.17, 15) is 4.79 Å². The van der Waals surface area contributed by atoms with Gasteiger partial charge in [0.2, 0.25) is 5.91 Å². The van der Waals surface area contributed by atoms with Crippen LogP contribution in [0.3, 0.4) is 0 Å². The molecule has 0 aliphatic heterocycles. The Hall–Kier alpha value is -1.65. The molecule has 1 amide bonds. The van der Waals surface area contributed by atoms with Gasteiger partial charge in [0.05, 0.1) is 6.54 Å². The van der Waals surface area contributed by atoms with Crippen LogP contribution >= 0.6 is 11.3 Å². The highest BCUT2D eigenvalue weighted by Crippen LogP contribution is 2.32. The van der Waals surface area contributed by atoms with Gasteiger partial charge in [0.15, 0.2) is 0 Å². The Labute approximate surface area is 156 Å². The van der Waals surface area contributed by atoms with Crippen molar-refractivity contribution in [2.45, 2.75) is 53.0 Å². The Kier molecular flexibility index (Phi) is 7.21. The molecule has 1 aromatic heterocycles. The Balaban J connectivity index is 2.13. The van der Waals surface area contributed by atoms with Crippen LogP contribution in [-0.4, -0.2) is 23.9 Å². The van der Waals surface area contributed by atoms with Gasteiger partial charge < -0.3 is 5.32 Å². The molecule has 1 aromatic carbocycles. The quantitative estimate of drug-likeness (QED) is 0.680. The van der Waals surface area contributed by atoms with E-state index in [2.05, 4.69) is 80.5 Å². The SMILES string of the molecule is CCN(CC(=O)Nc1c(C(C)C)cccc1C(C)C)Cc1cccs1. The lowest BCUT2D eigenvalue weighted by molar-refractivity contribution is -0.117. The Morgan fingerprint density at radius 3 is 2.20 bits per heavy atom. The number of thiophene rings is 1. The Morgan fingerprint density at radius 1 is 1.08 bits per heavy atom. The van der Waals surface area contributed by atoms with E-state index >= 15 is 0 Å². The third-order valence-corrected chi connectivity index (χ3v) is 5.27. The predicted molar refractivity (Wildman–Crippen MR) is 109 cm³/mol. The van der Waals surface area contributed by atoms with Gasteiger partial charge in [-0.1, -0.05) is 58.9 Å². The van der Waals surface area contributed by atoms with Gasteiger partial charge in [-0.05, 0) is 41.0 Å². The fourth-order valence-corrected chi connectivity index (χ4v) is 3.73. The van der Waals surface area contributed by atoms with Crippen LogP contribution in [0.5, 0.6) is 0 Å². The summed E-state index contributed by atoms with van der Waals surface area (Å²) < 4.78 is 0. The summed E-state index contributed by atoms with van der Waals surface area (Å²) in [7, 11) is 0. The molecular weight excluding hydrogens is 328 g/mol. The van der Waals surface area contributed by atoms with Gasteiger partial charge in [-0.2, -0.15) is 0 Å². The minimum Gasteiger partial charge on any atom is -0.324 e. The van der Waals surface area contributed by atoms with Crippen LogP contribution in [0, 0.1) is 0 Å². The molecule has 0 bridgehead atoms. The normalized spacial score (nSPS) is 11.5. The zero-order chi connectivity index (χ0) is 18.4. The van der Waals surface area contributed by atoms with Crippen LogP contribution < -0.4 is 5.32 Å². The molecule has 0 fully saturated rings. The first-order valence-electron chi connectivity index (χ1n) is 9.09. The molecule has 136 valence electrons. The summed E-state index contributed by atoms with van der Waals surface area (Å²) in [5.74, 6) is 0.818. The van der Waals surface area contributed by atoms with E-state index in [1.54, 1.807) is 11.3 Å². The number of nitrogens with zero attached hydrogens (tertiary/aromatic N) is 1. The molecule has 2 rings (SSSR count). The van der Waals surface area contributed by atoms with Crippen molar-refractivity contribution >= 4 is 22.9 Å². The molecule has 0 saturated carbocycles. The van der Waals surface area contributed by atoms with Crippen molar-refractivity contribution < 1.29 is 4.79 Å². The lowest BCUT2D eigenvalue weighted by Crippen LogP contribution is -2.33. The van der Waals surface area contributed by atoms with E-state index in [-0.39, 0.29) is 5.91 Å². The number of carbonyl (C=O) groups is 1. The molecule has 1 heterocycles. The lowest BCUT2D eigenvalue weighted by atomic mass is 9.92. The summed E-state index contributed by atoms with van der Waals surface area (Å²) in [5, 5.41) is 5.29. The molecular formula is C21H30N2OS. The molecule has 25 heavy (non-hydrogen) atoms. The summed E-state index contributed by atoms with van der Waals surface area (Å²) in [6.07, 6.45) is 0. The van der Waals surface area contributed by atoms with Crippen molar-refractivity contribution in [2.24, 2.45) is 0 Å². The maximum absolute atomic E-state index is 12.7. The van der Waals surface area contributed by atoms with Crippen LogP contribution in [0.15, 0.2) is 35.7 Å². The number of anilines is 1. The molecule has 2 aromatic rings. The highest BCUT2D eigenvalue weighted by Gasteiger charge is 2.17. The summed E-state index contributed by atoms with van der Waals surface area (Å²) in [4.78, 5) is 16.2. The van der Waals surface area contributed by atoms with E-state index < -0.39 is 0 Å². The van der Waals surface area contributed by atoms with Crippen molar-refractivity contribution in [1.82, 2.24) is 4.90 Å². The van der Waals surface area contributed by atoms with Gasteiger partial charge in [-0.25, -0.2) is 0 Å². The number of para-hydroxylation sites is 1. The van der Waals surface area contributed by atoms with Crippen molar-refractivity contribution in [3.63, 3.8) is 0 Å². The second kappa shape index (κ2) is 9.16. The van der Waals surface area contributed by atoms with Crippen LogP contribution in [0.25, 0.3) is 0 Å². The third-order valence-electron chi connectivity index (χ3n) is 4.41. The van der Waals surface area contributed by atoms with E-state index in [0.717, 1.165) is 18.8 Å². The fraction of sp³-hybridized carbons (Fsp3) is 0.476. The van der Waals surface area contributed by atoms with Crippen molar-refractivity contribution in [3.8, 4) is 0 Å². The molecule has 0 spiro atoms. The van der Waals surface area contributed by atoms with Gasteiger partial charge >= 0.3 is 0 Å². The zero-order valence-electron chi connectivity index (χ0n) is 16.0. The van der Waals surface area contributed by atoms with Crippen LogP contribution in [-0.2, 0) is 11.3 Å². The van der Waals surface area contributed by atoms with Gasteiger partial charge in [0.1, 0.15) is 0 Å². The second-order valence-corrected chi connectivity index (χ2v) is 8.08.